The van der Waals surface area contributed by atoms with Crippen molar-refractivity contribution in [3.05, 3.63) is 54.1 Å². The van der Waals surface area contributed by atoms with E-state index in [1.54, 1.807) is 0 Å². The van der Waals surface area contributed by atoms with Crippen molar-refractivity contribution in [3.8, 4) is 0 Å². The molecular weight excluding hydrogens is 324 g/mol. The van der Waals surface area contributed by atoms with Crippen LogP contribution in [0.1, 0.15) is 5.56 Å². The first-order chi connectivity index (χ1) is 12.8. The highest BCUT2D eigenvalue weighted by atomic mass is 15.2. The van der Waals surface area contributed by atoms with Gasteiger partial charge in [-0.3, -0.25) is 0 Å². The van der Waals surface area contributed by atoms with E-state index in [4.69, 9.17) is 5.73 Å². The molecule has 1 saturated heterocycles. The van der Waals surface area contributed by atoms with Gasteiger partial charge in [0.25, 0.3) is 0 Å². The zero-order valence-corrected chi connectivity index (χ0v) is 14.8. The van der Waals surface area contributed by atoms with Crippen LogP contribution >= 0.6 is 0 Å². The topological polar surface area (TPSA) is 79.1 Å². The third kappa shape index (κ3) is 3.70. The van der Waals surface area contributed by atoms with Gasteiger partial charge in [-0.2, -0.15) is 4.98 Å². The number of nitrogen functional groups attached to an aromatic ring is 1. The molecule has 0 spiro atoms. The fourth-order valence-electron chi connectivity index (χ4n) is 3.30. The standard InChI is InChI=1S/C20H24N6/c21-19-17-3-1-2-4-18(17)24-20(25-19)23-10-9-15-5-7-16(8-6-15)26-13-11-22-12-14-26/h1-8,22H,9-14H2,(H3,21,23,24,25). The van der Waals surface area contributed by atoms with Crippen molar-refractivity contribution in [3.63, 3.8) is 0 Å². The van der Waals surface area contributed by atoms with Crippen LogP contribution in [0, 0.1) is 0 Å². The molecule has 0 saturated carbocycles. The van der Waals surface area contributed by atoms with E-state index in [0.717, 1.165) is 50.0 Å². The first kappa shape index (κ1) is 16.6. The molecule has 134 valence electrons. The summed E-state index contributed by atoms with van der Waals surface area (Å²) in [5.74, 6) is 1.09. The zero-order chi connectivity index (χ0) is 17.8. The number of aromatic nitrogens is 2. The lowest BCUT2D eigenvalue weighted by Gasteiger charge is -2.29. The molecule has 6 nitrogen and oxygen atoms in total. The molecule has 1 aliphatic heterocycles. The molecule has 3 aromatic rings. The lowest BCUT2D eigenvalue weighted by molar-refractivity contribution is 0.589. The second kappa shape index (κ2) is 7.58. The van der Waals surface area contributed by atoms with Gasteiger partial charge in [-0.05, 0) is 36.2 Å². The first-order valence-corrected chi connectivity index (χ1v) is 9.10. The van der Waals surface area contributed by atoms with Gasteiger partial charge in [0.15, 0.2) is 0 Å². The van der Waals surface area contributed by atoms with Gasteiger partial charge in [0.2, 0.25) is 5.95 Å². The molecule has 1 aromatic heterocycles. The van der Waals surface area contributed by atoms with E-state index >= 15 is 0 Å². The third-order valence-electron chi connectivity index (χ3n) is 4.75. The van der Waals surface area contributed by atoms with Crippen LogP contribution in [0.5, 0.6) is 0 Å². The number of nitrogens with zero attached hydrogens (tertiary/aromatic N) is 3. The average molecular weight is 348 g/mol. The summed E-state index contributed by atoms with van der Waals surface area (Å²) >= 11 is 0. The minimum atomic E-state index is 0.512. The van der Waals surface area contributed by atoms with Crippen molar-refractivity contribution in [1.82, 2.24) is 15.3 Å². The zero-order valence-electron chi connectivity index (χ0n) is 14.8. The van der Waals surface area contributed by atoms with Gasteiger partial charge in [0, 0.05) is 43.8 Å². The van der Waals surface area contributed by atoms with Crippen LogP contribution in [-0.2, 0) is 6.42 Å². The van der Waals surface area contributed by atoms with Gasteiger partial charge >= 0.3 is 0 Å². The lowest BCUT2D eigenvalue weighted by atomic mass is 10.1. The second-order valence-corrected chi connectivity index (χ2v) is 6.53. The van der Waals surface area contributed by atoms with Crippen molar-refractivity contribution in [2.45, 2.75) is 6.42 Å². The lowest BCUT2D eigenvalue weighted by Crippen LogP contribution is -2.43. The largest absolute Gasteiger partial charge is 0.383 e. The highest BCUT2D eigenvalue weighted by Gasteiger charge is 2.10. The number of rotatable bonds is 5. The summed E-state index contributed by atoms with van der Waals surface area (Å²) in [5.41, 5.74) is 9.49. The molecule has 2 heterocycles. The Hall–Kier alpha value is -2.86. The minimum Gasteiger partial charge on any atom is -0.383 e. The number of fused-ring (bicyclic) bond motifs is 1. The fourth-order valence-corrected chi connectivity index (χ4v) is 3.30. The van der Waals surface area contributed by atoms with Gasteiger partial charge in [-0.25, -0.2) is 4.98 Å². The molecule has 4 N–H and O–H groups in total. The van der Waals surface area contributed by atoms with Crippen LogP contribution in [0.3, 0.4) is 0 Å². The van der Waals surface area contributed by atoms with Crippen LogP contribution in [0.2, 0.25) is 0 Å². The Morgan fingerprint density at radius 3 is 2.58 bits per heavy atom. The summed E-state index contributed by atoms with van der Waals surface area (Å²) in [7, 11) is 0. The van der Waals surface area contributed by atoms with E-state index < -0.39 is 0 Å². The first-order valence-electron chi connectivity index (χ1n) is 9.10. The molecule has 0 unspecified atom stereocenters. The van der Waals surface area contributed by atoms with Crippen LogP contribution < -0.4 is 21.3 Å². The molecule has 2 aromatic carbocycles. The number of nitrogens with two attached hydrogens (primary N) is 1. The third-order valence-corrected chi connectivity index (χ3v) is 4.75. The molecule has 4 rings (SSSR count). The molecule has 0 atom stereocenters. The van der Waals surface area contributed by atoms with Crippen LogP contribution in [0.25, 0.3) is 10.9 Å². The number of para-hydroxylation sites is 1. The smallest absolute Gasteiger partial charge is 0.225 e. The highest BCUT2D eigenvalue weighted by molar-refractivity contribution is 5.88. The van der Waals surface area contributed by atoms with E-state index in [1.165, 1.54) is 11.3 Å². The van der Waals surface area contributed by atoms with E-state index in [2.05, 4.69) is 49.8 Å². The van der Waals surface area contributed by atoms with E-state index in [0.29, 0.717) is 11.8 Å². The summed E-state index contributed by atoms with van der Waals surface area (Å²) in [6.07, 6.45) is 0.915. The Balaban J connectivity index is 1.36. The van der Waals surface area contributed by atoms with Crippen LogP contribution in [-0.4, -0.2) is 42.7 Å². The number of benzene rings is 2. The normalized spacial score (nSPS) is 14.5. The molecule has 1 fully saturated rings. The minimum absolute atomic E-state index is 0.512. The van der Waals surface area contributed by atoms with Crippen molar-refractivity contribution in [2.75, 3.05) is 48.7 Å². The summed E-state index contributed by atoms with van der Waals surface area (Å²) in [5, 5.41) is 7.56. The molecular formula is C20H24N6. The van der Waals surface area contributed by atoms with Gasteiger partial charge in [0.1, 0.15) is 5.82 Å². The highest BCUT2D eigenvalue weighted by Crippen LogP contribution is 2.19. The number of hydrogen-bond acceptors (Lipinski definition) is 6. The van der Waals surface area contributed by atoms with Crippen LogP contribution in [0.15, 0.2) is 48.5 Å². The van der Waals surface area contributed by atoms with E-state index in [1.807, 2.05) is 24.3 Å². The summed E-state index contributed by atoms with van der Waals surface area (Å²) in [6, 6.07) is 16.6. The SMILES string of the molecule is Nc1nc(NCCc2ccc(N3CCNCC3)cc2)nc2ccccc12. The van der Waals surface area contributed by atoms with Crippen molar-refractivity contribution in [1.29, 1.82) is 0 Å². The van der Waals surface area contributed by atoms with Gasteiger partial charge in [0.05, 0.1) is 5.52 Å². The Bertz CT molecular complexity index is 871. The molecule has 0 bridgehead atoms. The van der Waals surface area contributed by atoms with Crippen molar-refractivity contribution < 1.29 is 0 Å². The second-order valence-electron chi connectivity index (χ2n) is 6.53. The van der Waals surface area contributed by atoms with Gasteiger partial charge in [-0.15, -0.1) is 0 Å². The predicted molar refractivity (Wildman–Crippen MR) is 108 cm³/mol. The monoisotopic (exact) mass is 348 g/mol. The Labute approximate surface area is 153 Å². The number of anilines is 3. The fraction of sp³-hybridized carbons (Fsp3) is 0.300. The molecule has 6 heteroatoms. The summed E-state index contributed by atoms with van der Waals surface area (Å²) < 4.78 is 0. The van der Waals surface area contributed by atoms with E-state index in [9.17, 15) is 0 Å². The van der Waals surface area contributed by atoms with E-state index in [-0.39, 0.29) is 0 Å². The van der Waals surface area contributed by atoms with Gasteiger partial charge in [-0.1, -0.05) is 24.3 Å². The molecule has 1 aliphatic rings. The summed E-state index contributed by atoms with van der Waals surface area (Å²) in [4.78, 5) is 11.3. The quantitative estimate of drug-likeness (QED) is 0.656. The maximum absolute atomic E-state index is 6.03. The maximum Gasteiger partial charge on any atom is 0.225 e. The molecule has 0 amide bonds. The van der Waals surface area contributed by atoms with Gasteiger partial charge < -0.3 is 21.3 Å². The number of hydrogen-bond donors (Lipinski definition) is 3. The number of piperazine rings is 1. The maximum atomic E-state index is 6.03. The predicted octanol–water partition coefficient (Wildman–Crippen LogP) is 2.28. The Kier molecular flexibility index (Phi) is 4.84. The molecule has 0 aliphatic carbocycles. The molecule has 0 radical (unpaired) electrons. The number of nitrogens with one attached hydrogen (secondary N) is 2. The Morgan fingerprint density at radius 1 is 1.00 bits per heavy atom. The van der Waals surface area contributed by atoms with Crippen molar-refractivity contribution in [2.24, 2.45) is 0 Å². The Morgan fingerprint density at radius 2 is 1.77 bits per heavy atom. The average Bonchev–Trinajstić information content (AvgIpc) is 2.69. The van der Waals surface area contributed by atoms with Crippen LogP contribution in [0.4, 0.5) is 17.5 Å². The summed E-state index contributed by atoms with van der Waals surface area (Å²) in [6.45, 7) is 5.02. The molecule has 26 heavy (non-hydrogen) atoms. The van der Waals surface area contributed by atoms with Crippen molar-refractivity contribution >= 4 is 28.4 Å².